The van der Waals surface area contributed by atoms with Crippen LogP contribution in [-0.2, 0) is 5.75 Å². The summed E-state index contributed by atoms with van der Waals surface area (Å²) in [6, 6.07) is 23.8. The van der Waals surface area contributed by atoms with Gasteiger partial charge >= 0.3 is 0 Å². The molecule has 0 saturated carbocycles. The Morgan fingerprint density at radius 2 is 1.72 bits per heavy atom. The van der Waals surface area contributed by atoms with Gasteiger partial charge in [0.25, 0.3) is 5.91 Å². The Bertz CT molecular complexity index is 970. The molecule has 3 aromatic carbocycles. The number of benzene rings is 3. The summed E-state index contributed by atoms with van der Waals surface area (Å²) in [6.45, 7) is 2.91. The molecule has 0 aliphatic carbocycles. The number of para-hydroxylation sites is 2. The van der Waals surface area contributed by atoms with E-state index in [-0.39, 0.29) is 12.0 Å². The van der Waals surface area contributed by atoms with Crippen LogP contribution in [0.15, 0.2) is 77.7 Å². The first-order chi connectivity index (χ1) is 14.2. The molecule has 5 heteroatoms. The molecule has 0 spiro atoms. The fourth-order valence-electron chi connectivity index (χ4n) is 3.03. The largest absolute Gasteiger partial charge is 0.486 e. The summed E-state index contributed by atoms with van der Waals surface area (Å²) in [5.41, 5.74) is 3.10. The van der Waals surface area contributed by atoms with Gasteiger partial charge in [-0.2, -0.15) is 0 Å². The van der Waals surface area contributed by atoms with E-state index in [9.17, 15) is 4.79 Å². The number of hydrogen-bond acceptors (Lipinski definition) is 4. The van der Waals surface area contributed by atoms with Crippen molar-refractivity contribution in [2.24, 2.45) is 0 Å². The zero-order valence-corrected chi connectivity index (χ0v) is 17.1. The fourth-order valence-corrected chi connectivity index (χ4v) is 3.88. The Morgan fingerprint density at radius 1 is 1.00 bits per heavy atom. The molecule has 1 atom stereocenters. The molecule has 4 rings (SSSR count). The topological polar surface area (TPSA) is 47.6 Å². The first-order valence-electron chi connectivity index (χ1n) is 9.62. The Labute approximate surface area is 175 Å². The molecule has 0 aromatic heterocycles. The van der Waals surface area contributed by atoms with Crippen molar-refractivity contribution in [1.82, 2.24) is 5.32 Å². The van der Waals surface area contributed by atoms with Gasteiger partial charge in [0, 0.05) is 16.2 Å². The number of fused-ring (bicyclic) bond motifs is 1. The summed E-state index contributed by atoms with van der Waals surface area (Å²) in [5, 5.41) is 2.93. The van der Waals surface area contributed by atoms with Gasteiger partial charge in [0.15, 0.2) is 11.5 Å². The Kier molecular flexibility index (Phi) is 6.06. The molecule has 148 valence electrons. The number of thioether (sulfide) groups is 1. The zero-order valence-electron chi connectivity index (χ0n) is 16.3. The van der Waals surface area contributed by atoms with Gasteiger partial charge in [-0.05, 0) is 48.9 Å². The van der Waals surface area contributed by atoms with E-state index in [1.54, 1.807) is 11.8 Å². The molecule has 1 heterocycles. The van der Waals surface area contributed by atoms with Crippen LogP contribution < -0.4 is 14.8 Å². The molecule has 29 heavy (non-hydrogen) atoms. The SMILES string of the molecule is Cc1ccc(SCc2ccc(C(=O)NC[C@H]3COc4ccccc4O3)cc2)cc1. The van der Waals surface area contributed by atoms with Gasteiger partial charge in [0.2, 0.25) is 0 Å². The summed E-state index contributed by atoms with van der Waals surface area (Å²) in [6.07, 6.45) is -0.195. The first-order valence-corrected chi connectivity index (χ1v) is 10.6. The highest BCUT2D eigenvalue weighted by Gasteiger charge is 2.21. The molecule has 4 nitrogen and oxygen atoms in total. The Morgan fingerprint density at radius 3 is 2.48 bits per heavy atom. The van der Waals surface area contributed by atoms with Gasteiger partial charge in [-0.3, -0.25) is 4.79 Å². The maximum absolute atomic E-state index is 12.4. The lowest BCUT2D eigenvalue weighted by atomic mass is 10.1. The van der Waals surface area contributed by atoms with E-state index in [4.69, 9.17) is 9.47 Å². The third-order valence-corrected chi connectivity index (χ3v) is 5.78. The van der Waals surface area contributed by atoms with E-state index < -0.39 is 0 Å². The predicted molar refractivity (Wildman–Crippen MR) is 116 cm³/mol. The average Bonchev–Trinajstić information content (AvgIpc) is 2.77. The summed E-state index contributed by atoms with van der Waals surface area (Å²) in [7, 11) is 0. The lowest BCUT2D eigenvalue weighted by molar-refractivity contribution is 0.0789. The van der Waals surface area contributed by atoms with Crippen LogP contribution in [0, 0.1) is 6.92 Å². The molecule has 1 N–H and O–H groups in total. The van der Waals surface area contributed by atoms with Crippen LogP contribution in [0.5, 0.6) is 11.5 Å². The van der Waals surface area contributed by atoms with Gasteiger partial charge < -0.3 is 14.8 Å². The minimum Gasteiger partial charge on any atom is -0.486 e. The van der Waals surface area contributed by atoms with Crippen molar-refractivity contribution >= 4 is 17.7 Å². The highest BCUT2D eigenvalue weighted by Crippen LogP contribution is 2.30. The van der Waals surface area contributed by atoms with Gasteiger partial charge in [0.05, 0.1) is 6.54 Å². The zero-order chi connectivity index (χ0) is 20.1. The van der Waals surface area contributed by atoms with Crippen LogP contribution in [0.1, 0.15) is 21.5 Å². The second-order valence-corrected chi connectivity index (χ2v) is 8.06. The molecule has 0 radical (unpaired) electrons. The Hall–Kier alpha value is -2.92. The van der Waals surface area contributed by atoms with Crippen LogP contribution in [0.4, 0.5) is 0 Å². The predicted octanol–water partition coefficient (Wildman–Crippen LogP) is 4.86. The number of aryl methyl sites for hydroxylation is 1. The molecular weight excluding hydrogens is 382 g/mol. The van der Waals surface area contributed by atoms with Gasteiger partial charge in [-0.25, -0.2) is 0 Å². The van der Waals surface area contributed by atoms with Crippen molar-refractivity contribution in [2.75, 3.05) is 13.2 Å². The van der Waals surface area contributed by atoms with E-state index in [2.05, 4.69) is 36.5 Å². The molecule has 0 unspecified atom stereocenters. The third kappa shape index (κ3) is 5.12. The average molecular weight is 406 g/mol. The third-order valence-electron chi connectivity index (χ3n) is 4.70. The molecule has 1 amide bonds. The number of amides is 1. The Balaban J connectivity index is 1.26. The fraction of sp³-hybridized carbons (Fsp3) is 0.208. The smallest absolute Gasteiger partial charge is 0.251 e. The first kappa shape index (κ1) is 19.4. The number of rotatable bonds is 6. The monoisotopic (exact) mass is 405 g/mol. The standard InChI is InChI=1S/C24H23NO3S/c1-17-6-12-21(13-7-17)29-16-18-8-10-19(11-9-18)24(26)25-14-20-15-27-22-4-2-3-5-23(22)28-20/h2-13,20H,14-16H2,1H3,(H,25,26)/t20-/m0/s1. The minimum absolute atomic E-state index is 0.106. The van der Waals surface area contributed by atoms with Crippen molar-refractivity contribution in [3.8, 4) is 11.5 Å². The lowest BCUT2D eigenvalue weighted by Gasteiger charge is -2.26. The van der Waals surface area contributed by atoms with Crippen LogP contribution in [0.25, 0.3) is 0 Å². The summed E-state index contributed by atoms with van der Waals surface area (Å²) >= 11 is 1.79. The number of hydrogen-bond donors (Lipinski definition) is 1. The molecule has 1 aliphatic heterocycles. The van der Waals surface area contributed by atoms with Crippen molar-refractivity contribution in [3.63, 3.8) is 0 Å². The molecule has 0 bridgehead atoms. The van der Waals surface area contributed by atoms with Crippen LogP contribution in [0.2, 0.25) is 0 Å². The highest BCUT2D eigenvalue weighted by molar-refractivity contribution is 7.98. The van der Waals surface area contributed by atoms with Crippen molar-refractivity contribution < 1.29 is 14.3 Å². The number of nitrogens with one attached hydrogen (secondary N) is 1. The molecule has 3 aromatic rings. The van der Waals surface area contributed by atoms with Crippen molar-refractivity contribution in [1.29, 1.82) is 0 Å². The number of carbonyl (C=O) groups excluding carboxylic acids is 1. The quantitative estimate of drug-likeness (QED) is 0.595. The van der Waals surface area contributed by atoms with Gasteiger partial charge in [-0.1, -0.05) is 42.0 Å². The van der Waals surface area contributed by atoms with Crippen molar-refractivity contribution in [3.05, 3.63) is 89.5 Å². The molecular formula is C24H23NO3S. The van der Waals surface area contributed by atoms with Gasteiger partial charge in [-0.15, -0.1) is 11.8 Å². The van der Waals surface area contributed by atoms with E-state index in [0.29, 0.717) is 24.5 Å². The summed E-state index contributed by atoms with van der Waals surface area (Å²) in [4.78, 5) is 13.7. The second kappa shape index (κ2) is 9.05. The normalized spacial score (nSPS) is 15.0. The number of ether oxygens (including phenoxy) is 2. The van der Waals surface area contributed by atoms with E-state index in [1.807, 2.05) is 48.5 Å². The summed E-state index contributed by atoms with van der Waals surface area (Å²) in [5.74, 6) is 2.23. The van der Waals surface area contributed by atoms with Crippen LogP contribution in [-0.4, -0.2) is 25.2 Å². The molecule has 1 aliphatic rings. The maximum atomic E-state index is 12.4. The molecule has 0 saturated heterocycles. The minimum atomic E-state index is -0.195. The lowest BCUT2D eigenvalue weighted by Crippen LogP contribution is -2.40. The van der Waals surface area contributed by atoms with Gasteiger partial charge in [0.1, 0.15) is 12.7 Å². The highest BCUT2D eigenvalue weighted by atomic mass is 32.2. The second-order valence-electron chi connectivity index (χ2n) is 7.01. The molecule has 0 fully saturated rings. The van der Waals surface area contributed by atoms with E-state index in [1.165, 1.54) is 16.0 Å². The van der Waals surface area contributed by atoms with E-state index >= 15 is 0 Å². The maximum Gasteiger partial charge on any atom is 0.251 e. The van der Waals surface area contributed by atoms with Crippen LogP contribution >= 0.6 is 11.8 Å². The van der Waals surface area contributed by atoms with Crippen LogP contribution in [0.3, 0.4) is 0 Å². The van der Waals surface area contributed by atoms with E-state index in [0.717, 1.165) is 11.5 Å². The number of carbonyl (C=O) groups is 1. The summed E-state index contributed by atoms with van der Waals surface area (Å²) < 4.78 is 11.6. The van der Waals surface area contributed by atoms with Crippen molar-refractivity contribution in [2.45, 2.75) is 23.7 Å².